The number of hydrogen-bond donors (Lipinski definition) is 0. The summed E-state index contributed by atoms with van der Waals surface area (Å²) in [6.45, 7) is 1.90. The van der Waals surface area contributed by atoms with Gasteiger partial charge in [0.15, 0.2) is 0 Å². The predicted octanol–water partition coefficient (Wildman–Crippen LogP) is 4.51. The van der Waals surface area contributed by atoms with Crippen molar-refractivity contribution < 1.29 is 23.5 Å². The number of amides is 2. The molecule has 1 aromatic heterocycles. The number of anilines is 1. The third-order valence-corrected chi connectivity index (χ3v) is 5.82. The van der Waals surface area contributed by atoms with Gasteiger partial charge in [0.05, 0.1) is 22.4 Å². The van der Waals surface area contributed by atoms with Crippen LogP contribution in [0.15, 0.2) is 82.0 Å². The van der Waals surface area contributed by atoms with E-state index in [4.69, 9.17) is 9.15 Å². The van der Waals surface area contributed by atoms with Crippen LogP contribution < -0.4 is 10.5 Å². The molecular weight excluding hydrogens is 434 g/mol. The summed E-state index contributed by atoms with van der Waals surface area (Å²) in [5, 5.41) is 0.700. The lowest BCUT2D eigenvalue weighted by Crippen LogP contribution is -2.29. The summed E-state index contributed by atoms with van der Waals surface area (Å²) in [5.74, 6) is -1.41. The minimum absolute atomic E-state index is 0.105. The maximum atomic E-state index is 12.6. The molecular formula is C27H19NO6. The summed E-state index contributed by atoms with van der Waals surface area (Å²) in [6.07, 6.45) is 0.801. The van der Waals surface area contributed by atoms with Crippen LogP contribution in [0, 0.1) is 0 Å². The Balaban J connectivity index is 1.33. The quantitative estimate of drug-likeness (QED) is 0.251. The highest BCUT2D eigenvalue weighted by Crippen LogP contribution is 2.28. The first-order valence-electron chi connectivity index (χ1n) is 10.8. The number of esters is 1. The predicted molar refractivity (Wildman–Crippen MR) is 125 cm³/mol. The third kappa shape index (κ3) is 3.67. The molecule has 0 spiro atoms. The molecule has 2 amide bonds. The van der Waals surface area contributed by atoms with Gasteiger partial charge in [-0.1, -0.05) is 31.2 Å². The fourth-order valence-electron chi connectivity index (χ4n) is 4.01. The Morgan fingerprint density at radius 1 is 0.882 bits per heavy atom. The number of carbonyl (C=O) groups excluding carboxylic acids is 3. The van der Waals surface area contributed by atoms with E-state index in [2.05, 4.69) is 0 Å². The number of fused-ring (bicyclic) bond motifs is 2. The minimum Gasteiger partial charge on any atom is -0.457 e. The van der Waals surface area contributed by atoms with E-state index in [1.165, 1.54) is 30.3 Å². The fraction of sp³-hybridized carbons (Fsp3) is 0.111. The number of benzene rings is 3. The molecule has 7 heteroatoms. The first kappa shape index (κ1) is 21.3. The van der Waals surface area contributed by atoms with E-state index in [0.717, 1.165) is 16.9 Å². The van der Waals surface area contributed by atoms with Crippen molar-refractivity contribution in [1.29, 1.82) is 0 Å². The maximum absolute atomic E-state index is 12.6. The fourth-order valence-corrected chi connectivity index (χ4v) is 4.01. The third-order valence-electron chi connectivity index (χ3n) is 5.82. The largest absolute Gasteiger partial charge is 0.457 e. The topological polar surface area (TPSA) is 93.9 Å². The van der Waals surface area contributed by atoms with Crippen molar-refractivity contribution in [1.82, 2.24) is 0 Å². The molecule has 0 unspecified atom stereocenters. The zero-order valence-electron chi connectivity index (χ0n) is 18.2. The molecule has 0 saturated heterocycles. The lowest BCUT2D eigenvalue weighted by Gasteiger charge is -2.14. The molecule has 2 heterocycles. The van der Waals surface area contributed by atoms with Crippen molar-refractivity contribution in [2.75, 3.05) is 4.90 Å². The molecule has 3 aromatic carbocycles. The normalized spacial score (nSPS) is 12.8. The van der Waals surface area contributed by atoms with E-state index < -0.39 is 23.4 Å². The summed E-state index contributed by atoms with van der Waals surface area (Å²) in [4.78, 5) is 50.9. The summed E-state index contributed by atoms with van der Waals surface area (Å²) in [7, 11) is 0. The van der Waals surface area contributed by atoms with Crippen LogP contribution in [0.2, 0.25) is 0 Å². The smallest absolute Gasteiger partial charge is 0.338 e. The molecule has 0 bridgehead atoms. The maximum Gasteiger partial charge on any atom is 0.338 e. The van der Waals surface area contributed by atoms with Crippen molar-refractivity contribution >= 4 is 34.4 Å². The lowest BCUT2D eigenvalue weighted by atomic mass is 10.1. The van der Waals surface area contributed by atoms with E-state index in [0.29, 0.717) is 33.3 Å². The van der Waals surface area contributed by atoms with Gasteiger partial charge in [0.1, 0.15) is 12.2 Å². The number of ether oxygens (including phenoxy) is 1. The van der Waals surface area contributed by atoms with Crippen LogP contribution in [-0.2, 0) is 17.8 Å². The molecule has 0 fully saturated rings. The zero-order chi connectivity index (χ0) is 23.8. The van der Waals surface area contributed by atoms with Gasteiger partial charge in [0.2, 0.25) is 0 Å². The van der Waals surface area contributed by atoms with Crippen LogP contribution in [0.5, 0.6) is 0 Å². The second kappa shape index (κ2) is 8.44. The van der Waals surface area contributed by atoms with Crippen molar-refractivity contribution in [3.05, 3.63) is 111 Å². The Hall–Kier alpha value is -4.52. The van der Waals surface area contributed by atoms with Gasteiger partial charge in [0, 0.05) is 17.0 Å². The highest BCUT2D eigenvalue weighted by molar-refractivity contribution is 6.34. The molecule has 0 atom stereocenters. The molecule has 0 radical (unpaired) electrons. The Morgan fingerprint density at radius 2 is 1.56 bits per heavy atom. The summed E-state index contributed by atoms with van der Waals surface area (Å²) < 4.78 is 10.7. The van der Waals surface area contributed by atoms with Crippen LogP contribution in [0.25, 0.3) is 11.0 Å². The van der Waals surface area contributed by atoms with Crippen molar-refractivity contribution in [3.63, 3.8) is 0 Å². The first-order chi connectivity index (χ1) is 16.5. The molecule has 168 valence electrons. The average Bonchev–Trinajstić information content (AvgIpc) is 3.11. The number of hydrogen-bond acceptors (Lipinski definition) is 6. The van der Waals surface area contributed by atoms with Gasteiger partial charge in [0.25, 0.3) is 11.8 Å². The van der Waals surface area contributed by atoms with Gasteiger partial charge < -0.3 is 9.15 Å². The number of aryl methyl sites for hydroxylation is 1. The van der Waals surface area contributed by atoms with Crippen LogP contribution in [0.4, 0.5) is 5.69 Å². The number of imide groups is 1. The summed E-state index contributed by atoms with van der Waals surface area (Å²) >= 11 is 0. The monoisotopic (exact) mass is 453 g/mol. The van der Waals surface area contributed by atoms with Crippen LogP contribution in [0.1, 0.15) is 49.1 Å². The Labute approximate surface area is 194 Å². The van der Waals surface area contributed by atoms with E-state index in [1.807, 2.05) is 19.1 Å². The van der Waals surface area contributed by atoms with E-state index in [9.17, 15) is 19.2 Å². The summed E-state index contributed by atoms with van der Waals surface area (Å²) in [5.41, 5.74) is 2.82. The van der Waals surface area contributed by atoms with Crippen LogP contribution >= 0.6 is 0 Å². The molecule has 4 aromatic rings. The number of carbonyl (C=O) groups is 3. The minimum atomic E-state index is -0.597. The highest BCUT2D eigenvalue weighted by Gasteiger charge is 2.36. The van der Waals surface area contributed by atoms with Crippen molar-refractivity contribution in [2.24, 2.45) is 0 Å². The molecule has 1 aliphatic rings. The number of rotatable bonds is 5. The van der Waals surface area contributed by atoms with Gasteiger partial charge in [-0.3, -0.25) is 9.59 Å². The molecule has 0 N–H and O–H groups in total. The van der Waals surface area contributed by atoms with Crippen molar-refractivity contribution in [2.45, 2.75) is 20.0 Å². The van der Waals surface area contributed by atoms with Gasteiger partial charge in [-0.05, 0) is 54.4 Å². The molecule has 0 saturated carbocycles. The van der Waals surface area contributed by atoms with Gasteiger partial charge >= 0.3 is 11.6 Å². The van der Waals surface area contributed by atoms with E-state index in [-0.39, 0.29) is 12.2 Å². The summed E-state index contributed by atoms with van der Waals surface area (Å²) in [6, 6.07) is 19.6. The Bertz CT molecular complexity index is 1480. The van der Waals surface area contributed by atoms with Gasteiger partial charge in [-0.15, -0.1) is 0 Å². The second-order valence-electron chi connectivity index (χ2n) is 7.89. The lowest BCUT2D eigenvalue weighted by molar-refractivity contribution is 0.0473. The van der Waals surface area contributed by atoms with Crippen LogP contribution in [0.3, 0.4) is 0 Å². The first-order valence-corrected chi connectivity index (χ1v) is 10.8. The number of nitrogens with zero attached hydrogens (tertiary/aromatic N) is 1. The second-order valence-corrected chi connectivity index (χ2v) is 7.89. The standard InChI is InChI=1S/C27H19NO6/c1-2-16-7-12-20-18(14-24(29)34-23(20)13-16)15-33-27(32)17-8-10-19(11-9-17)28-25(30)21-5-3-4-6-22(21)26(28)31/h3-14H,2,15H2,1H3. The van der Waals surface area contributed by atoms with Gasteiger partial charge in [-0.25, -0.2) is 14.5 Å². The molecule has 0 aliphatic carbocycles. The van der Waals surface area contributed by atoms with E-state index in [1.54, 1.807) is 30.3 Å². The average molecular weight is 453 g/mol. The Kier molecular flexibility index (Phi) is 5.30. The molecule has 5 rings (SSSR count). The van der Waals surface area contributed by atoms with Crippen LogP contribution in [-0.4, -0.2) is 17.8 Å². The van der Waals surface area contributed by atoms with Crippen molar-refractivity contribution in [3.8, 4) is 0 Å². The van der Waals surface area contributed by atoms with E-state index >= 15 is 0 Å². The highest BCUT2D eigenvalue weighted by atomic mass is 16.5. The SMILES string of the molecule is CCc1ccc2c(COC(=O)c3ccc(N4C(=O)c5ccccc5C4=O)cc3)cc(=O)oc2c1. The molecule has 34 heavy (non-hydrogen) atoms. The molecule has 7 nitrogen and oxygen atoms in total. The zero-order valence-corrected chi connectivity index (χ0v) is 18.2. The van der Waals surface area contributed by atoms with Gasteiger partial charge in [-0.2, -0.15) is 0 Å². The Morgan fingerprint density at radius 3 is 2.21 bits per heavy atom. The molecule has 1 aliphatic heterocycles.